The molecule has 0 aromatic rings. The third kappa shape index (κ3) is 6.15. The van der Waals surface area contributed by atoms with Gasteiger partial charge in [0.15, 0.2) is 0 Å². The molecule has 2 N–H and O–H groups in total. The van der Waals surface area contributed by atoms with Crippen LogP contribution in [-0.4, -0.2) is 114 Å². The average molecular weight is 480 g/mol. The lowest BCUT2D eigenvalue weighted by Gasteiger charge is -2.53. The average Bonchev–Trinajstić information content (AvgIpc) is 2.82. The highest BCUT2D eigenvalue weighted by molar-refractivity contribution is 5.82. The molecule has 0 spiro atoms. The first kappa shape index (κ1) is 27.9. The third-order valence-corrected chi connectivity index (χ3v) is 9.18. The topological polar surface area (TPSA) is 65.3 Å². The molecular weight excluding hydrogens is 426 g/mol. The highest BCUT2D eigenvalue weighted by Crippen LogP contribution is 2.31. The number of likely N-dealkylation sites (tertiary alicyclic amines) is 1. The number of piperazine rings is 1. The zero-order chi connectivity index (χ0) is 25.2. The summed E-state index contributed by atoms with van der Waals surface area (Å²) in [5.74, 6) is 1.03. The standard InChI is InChI=1S/C27H53N5O2/c1-19(2)25(28)26(33)32-14-13-31(17-21(32)5)27(7,8)24-18-30(15-16-34-24)22(6)23-9-11-29(12-10-23)20(3)4/h19-25H,9-18,28H2,1-8H3/t21-,22+,24?,25+/m1/s1. The van der Waals surface area contributed by atoms with Gasteiger partial charge in [0.25, 0.3) is 0 Å². The highest BCUT2D eigenvalue weighted by atomic mass is 16.5. The van der Waals surface area contributed by atoms with Crippen LogP contribution in [-0.2, 0) is 9.53 Å². The van der Waals surface area contributed by atoms with Crippen molar-refractivity contribution in [3.05, 3.63) is 0 Å². The van der Waals surface area contributed by atoms with E-state index in [9.17, 15) is 4.79 Å². The minimum Gasteiger partial charge on any atom is -0.374 e. The van der Waals surface area contributed by atoms with Gasteiger partial charge in [-0.25, -0.2) is 0 Å². The summed E-state index contributed by atoms with van der Waals surface area (Å²) in [7, 11) is 0. The number of carbonyl (C=O) groups excluding carboxylic acids is 1. The number of carbonyl (C=O) groups is 1. The molecule has 3 heterocycles. The van der Waals surface area contributed by atoms with Gasteiger partial charge < -0.3 is 20.3 Å². The first-order valence-corrected chi connectivity index (χ1v) is 13.8. The summed E-state index contributed by atoms with van der Waals surface area (Å²) in [5, 5.41) is 0. The Kier molecular flexibility index (Phi) is 9.46. The molecule has 7 nitrogen and oxygen atoms in total. The molecule has 3 rings (SSSR count). The second-order valence-corrected chi connectivity index (χ2v) is 12.3. The SMILES string of the molecule is CC(C)[C@H](N)C(=O)N1CCN(C(C)(C)C2CN([C@@H](C)C3CCN(C(C)C)CC3)CCO2)C[C@H]1C. The van der Waals surface area contributed by atoms with Crippen molar-refractivity contribution in [1.82, 2.24) is 19.6 Å². The second-order valence-electron chi connectivity index (χ2n) is 12.3. The lowest BCUT2D eigenvalue weighted by Crippen LogP contribution is -2.67. The van der Waals surface area contributed by atoms with Crippen molar-refractivity contribution in [3.63, 3.8) is 0 Å². The van der Waals surface area contributed by atoms with Gasteiger partial charge in [-0.05, 0) is 79.3 Å². The summed E-state index contributed by atoms with van der Waals surface area (Å²) in [4.78, 5) is 22.7. The predicted octanol–water partition coefficient (Wildman–Crippen LogP) is 2.49. The number of hydrogen-bond acceptors (Lipinski definition) is 6. The molecule has 3 saturated heterocycles. The molecule has 0 aromatic carbocycles. The predicted molar refractivity (Wildman–Crippen MR) is 140 cm³/mol. The molecule has 198 valence electrons. The first-order chi connectivity index (χ1) is 15.9. The highest BCUT2D eigenvalue weighted by Gasteiger charge is 2.44. The molecule has 4 atom stereocenters. The minimum atomic E-state index is -0.411. The van der Waals surface area contributed by atoms with Gasteiger partial charge in [0.2, 0.25) is 5.91 Å². The molecule has 1 unspecified atom stereocenters. The van der Waals surface area contributed by atoms with E-state index < -0.39 is 6.04 Å². The summed E-state index contributed by atoms with van der Waals surface area (Å²) in [6.45, 7) is 25.7. The minimum absolute atomic E-state index is 0.0804. The maximum absolute atomic E-state index is 12.9. The van der Waals surface area contributed by atoms with Crippen LogP contribution in [0.3, 0.4) is 0 Å². The number of hydrogen-bond donors (Lipinski definition) is 1. The van der Waals surface area contributed by atoms with Gasteiger partial charge in [0.1, 0.15) is 0 Å². The van der Waals surface area contributed by atoms with Gasteiger partial charge in [-0.1, -0.05) is 13.8 Å². The summed E-state index contributed by atoms with van der Waals surface area (Å²) >= 11 is 0. The quantitative estimate of drug-likeness (QED) is 0.605. The number of amides is 1. The van der Waals surface area contributed by atoms with E-state index in [1.807, 2.05) is 18.7 Å². The van der Waals surface area contributed by atoms with E-state index in [2.05, 4.69) is 56.2 Å². The third-order valence-electron chi connectivity index (χ3n) is 9.18. The fourth-order valence-corrected chi connectivity index (χ4v) is 6.17. The first-order valence-electron chi connectivity index (χ1n) is 13.8. The van der Waals surface area contributed by atoms with E-state index in [0.717, 1.165) is 45.2 Å². The van der Waals surface area contributed by atoms with Crippen LogP contribution in [0.5, 0.6) is 0 Å². The Morgan fingerprint density at radius 3 is 2.15 bits per heavy atom. The van der Waals surface area contributed by atoms with Gasteiger partial charge in [-0.2, -0.15) is 0 Å². The molecule has 3 fully saturated rings. The Morgan fingerprint density at radius 1 is 0.941 bits per heavy atom. The normalized spacial score (nSPS) is 29.1. The molecule has 0 aliphatic carbocycles. The molecule has 3 aliphatic heterocycles. The molecule has 1 amide bonds. The van der Waals surface area contributed by atoms with Gasteiger partial charge in [0, 0.05) is 56.4 Å². The van der Waals surface area contributed by atoms with E-state index in [0.29, 0.717) is 12.1 Å². The Bertz CT molecular complexity index is 661. The van der Waals surface area contributed by atoms with Gasteiger partial charge in [-0.3, -0.25) is 14.6 Å². The lowest BCUT2D eigenvalue weighted by molar-refractivity contribution is -0.146. The fourth-order valence-electron chi connectivity index (χ4n) is 6.17. The van der Waals surface area contributed by atoms with Crippen LogP contribution in [0.4, 0.5) is 0 Å². The molecule has 0 saturated carbocycles. The van der Waals surface area contributed by atoms with Crippen molar-refractivity contribution in [2.24, 2.45) is 17.6 Å². The zero-order valence-electron chi connectivity index (χ0n) is 23.3. The van der Waals surface area contributed by atoms with Crippen molar-refractivity contribution < 1.29 is 9.53 Å². The Morgan fingerprint density at radius 2 is 1.59 bits per heavy atom. The van der Waals surface area contributed by atoms with Crippen LogP contribution in [0, 0.1) is 11.8 Å². The van der Waals surface area contributed by atoms with Crippen molar-refractivity contribution in [2.45, 2.75) is 104 Å². The van der Waals surface area contributed by atoms with Gasteiger partial charge in [-0.15, -0.1) is 0 Å². The number of rotatable bonds is 7. The van der Waals surface area contributed by atoms with Crippen LogP contribution in [0.15, 0.2) is 0 Å². The summed E-state index contributed by atoms with van der Waals surface area (Å²) in [5.41, 5.74) is 6.10. The summed E-state index contributed by atoms with van der Waals surface area (Å²) in [6.07, 6.45) is 2.78. The maximum atomic E-state index is 12.9. The number of nitrogens with two attached hydrogens (primary N) is 1. The molecule has 7 heteroatoms. The fraction of sp³-hybridized carbons (Fsp3) is 0.963. The zero-order valence-corrected chi connectivity index (χ0v) is 23.3. The second kappa shape index (κ2) is 11.5. The van der Waals surface area contributed by atoms with E-state index in [1.54, 1.807) is 0 Å². The molecular formula is C27H53N5O2. The number of nitrogens with zero attached hydrogens (tertiary/aromatic N) is 4. The Balaban J connectivity index is 1.57. The van der Waals surface area contributed by atoms with Crippen LogP contribution >= 0.6 is 0 Å². The molecule has 0 radical (unpaired) electrons. The molecule has 0 aromatic heterocycles. The number of ether oxygens (including phenoxy) is 1. The van der Waals surface area contributed by atoms with Crippen molar-refractivity contribution in [1.29, 1.82) is 0 Å². The van der Waals surface area contributed by atoms with E-state index in [1.165, 1.54) is 25.9 Å². The number of piperidine rings is 1. The Labute approximate surface area is 209 Å². The van der Waals surface area contributed by atoms with Crippen LogP contribution in [0.2, 0.25) is 0 Å². The molecule has 0 bridgehead atoms. The van der Waals surface area contributed by atoms with Gasteiger partial charge in [0.05, 0.1) is 18.8 Å². The van der Waals surface area contributed by atoms with E-state index in [-0.39, 0.29) is 29.5 Å². The monoisotopic (exact) mass is 479 g/mol. The van der Waals surface area contributed by atoms with E-state index in [4.69, 9.17) is 10.5 Å². The largest absolute Gasteiger partial charge is 0.374 e. The molecule has 3 aliphatic rings. The van der Waals surface area contributed by atoms with Crippen LogP contribution in [0.1, 0.15) is 68.2 Å². The van der Waals surface area contributed by atoms with E-state index >= 15 is 0 Å². The maximum Gasteiger partial charge on any atom is 0.240 e. The van der Waals surface area contributed by atoms with Crippen LogP contribution in [0.25, 0.3) is 0 Å². The van der Waals surface area contributed by atoms with Gasteiger partial charge >= 0.3 is 0 Å². The molecule has 34 heavy (non-hydrogen) atoms. The lowest BCUT2D eigenvalue weighted by atomic mass is 9.87. The van der Waals surface area contributed by atoms with Crippen LogP contribution < -0.4 is 5.73 Å². The van der Waals surface area contributed by atoms with Crippen molar-refractivity contribution in [3.8, 4) is 0 Å². The van der Waals surface area contributed by atoms with Crippen molar-refractivity contribution >= 4 is 5.91 Å². The smallest absolute Gasteiger partial charge is 0.240 e. The number of morpholine rings is 1. The summed E-state index contributed by atoms with van der Waals surface area (Å²) in [6, 6.07) is 1.01. The van der Waals surface area contributed by atoms with Crippen molar-refractivity contribution in [2.75, 3.05) is 52.4 Å². The summed E-state index contributed by atoms with van der Waals surface area (Å²) < 4.78 is 6.40. The Hall–Kier alpha value is -0.730.